The Balaban J connectivity index is 1.75. The summed E-state index contributed by atoms with van der Waals surface area (Å²) in [5, 5.41) is 23.9. The zero-order valence-electron chi connectivity index (χ0n) is 15.2. The molecule has 0 saturated carbocycles. The second-order valence-electron chi connectivity index (χ2n) is 6.48. The van der Waals surface area contributed by atoms with Crippen LogP contribution in [0, 0.1) is 11.6 Å². The van der Waals surface area contributed by atoms with Crippen LogP contribution < -0.4 is 10.6 Å². The van der Waals surface area contributed by atoms with E-state index in [4.69, 9.17) is 5.11 Å². The summed E-state index contributed by atoms with van der Waals surface area (Å²) in [7, 11) is 0. The molecular weight excluding hydrogens is 398 g/mol. The highest BCUT2D eigenvalue weighted by molar-refractivity contribution is 6.03. The number of benzene rings is 2. The zero-order valence-corrected chi connectivity index (χ0v) is 15.2. The number of hydrogen-bond acceptors (Lipinski definition) is 6. The summed E-state index contributed by atoms with van der Waals surface area (Å²) in [5.74, 6) is -3.70. The van der Waals surface area contributed by atoms with Gasteiger partial charge in [0.2, 0.25) is 0 Å². The van der Waals surface area contributed by atoms with Gasteiger partial charge in [-0.2, -0.15) is 0 Å². The summed E-state index contributed by atoms with van der Waals surface area (Å²) < 4.78 is 28.4. The van der Waals surface area contributed by atoms with E-state index in [9.17, 15) is 23.5 Å². The van der Waals surface area contributed by atoms with Gasteiger partial charge in [0.15, 0.2) is 11.9 Å². The van der Waals surface area contributed by atoms with Gasteiger partial charge in [0.05, 0.1) is 17.8 Å². The summed E-state index contributed by atoms with van der Waals surface area (Å²) in [6.07, 6.45) is -1.68. The maximum absolute atomic E-state index is 14.2. The molecule has 1 amide bonds. The van der Waals surface area contributed by atoms with Gasteiger partial charge in [0.1, 0.15) is 23.0 Å². The Morgan fingerprint density at radius 1 is 1.07 bits per heavy atom. The van der Waals surface area contributed by atoms with Gasteiger partial charge in [-0.1, -0.05) is 18.2 Å². The third kappa shape index (κ3) is 3.44. The minimum Gasteiger partial charge on any atom is -0.479 e. The summed E-state index contributed by atoms with van der Waals surface area (Å²) in [6, 6.07) is 9.12. The van der Waals surface area contributed by atoms with E-state index in [1.165, 1.54) is 30.3 Å². The third-order valence-corrected chi connectivity index (χ3v) is 4.54. The van der Waals surface area contributed by atoms with Crippen LogP contribution in [-0.2, 0) is 11.3 Å². The topological polar surface area (TPSA) is 124 Å². The summed E-state index contributed by atoms with van der Waals surface area (Å²) in [4.78, 5) is 31.4. The van der Waals surface area contributed by atoms with Gasteiger partial charge >= 0.3 is 5.97 Å². The summed E-state index contributed by atoms with van der Waals surface area (Å²) in [6.45, 7) is 0.0815. The maximum Gasteiger partial charge on any atom is 0.337 e. The van der Waals surface area contributed by atoms with Crippen LogP contribution in [0.4, 0.5) is 20.3 Å². The normalized spacial score (nSPS) is 13.5. The van der Waals surface area contributed by atoms with Gasteiger partial charge in [0.25, 0.3) is 5.91 Å². The van der Waals surface area contributed by atoms with Crippen LogP contribution in [0.3, 0.4) is 0 Å². The first-order valence-corrected chi connectivity index (χ1v) is 8.76. The Morgan fingerprint density at radius 2 is 1.73 bits per heavy atom. The Hall–Kier alpha value is -3.92. The first kappa shape index (κ1) is 19.4. The fourth-order valence-corrected chi connectivity index (χ4v) is 3.07. The lowest BCUT2D eigenvalue weighted by atomic mass is 10.1. The van der Waals surface area contributed by atoms with Crippen LogP contribution in [0.1, 0.15) is 27.7 Å². The van der Waals surface area contributed by atoms with Crippen molar-refractivity contribution in [1.82, 2.24) is 15.3 Å². The SMILES string of the molecule is O=C1NCc2nc(-c3c(F)cccc3F)nc(Nc3ccc(C(O)C(=O)O)cc3)c21. The first-order chi connectivity index (χ1) is 14.3. The predicted molar refractivity (Wildman–Crippen MR) is 101 cm³/mol. The van der Waals surface area contributed by atoms with Crippen molar-refractivity contribution in [2.45, 2.75) is 12.6 Å². The lowest BCUT2D eigenvalue weighted by molar-refractivity contribution is -0.146. The number of carboxylic acid groups (broad SMARTS) is 1. The molecule has 4 rings (SSSR count). The number of rotatable bonds is 5. The fourth-order valence-electron chi connectivity index (χ4n) is 3.07. The second kappa shape index (κ2) is 7.48. The fraction of sp³-hybridized carbons (Fsp3) is 0.100. The molecule has 1 aliphatic rings. The van der Waals surface area contributed by atoms with Crippen molar-refractivity contribution in [3.05, 3.63) is 70.9 Å². The number of aliphatic hydroxyl groups excluding tert-OH is 1. The van der Waals surface area contributed by atoms with Crippen molar-refractivity contribution in [3.8, 4) is 11.4 Å². The molecule has 8 nitrogen and oxygen atoms in total. The Kier molecular flexibility index (Phi) is 4.84. The van der Waals surface area contributed by atoms with E-state index in [0.717, 1.165) is 12.1 Å². The Bertz CT molecular complexity index is 1150. The number of hydrogen-bond donors (Lipinski definition) is 4. The molecule has 0 saturated heterocycles. The van der Waals surface area contributed by atoms with Crippen molar-refractivity contribution < 1.29 is 28.6 Å². The molecule has 0 fully saturated rings. The van der Waals surface area contributed by atoms with Gasteiger partial charge in [-0.3, -0.25) is 4.79 Å². The number of nitrogens with one attached hydrogen (secondary N) is 2. The second-order valence-corrected chi connectivity index (χ2v) is 6.48. The highest BCUT2D eigenvalue weighted by atomic mass is 19.1. The number of halogens is 2. The molecule has 152 valence electrons. The van der Waals surface area contributed by atoms with Crippen molar-refractivity contribution in [2.24, 2.45) is 0 Å². The number of aliphatic carboxylic acids is 1. The molecule has 10 heteroatoms. The molecule has 30 heavy (non-hydrogen) atoms. The molecule has 0 aliphatic carbocycles. The van der Waals surface area contributed by atoms with E-state index in [2.05, 4.69) is 20.6 Å². The van der Waals surface area contributed by atoms with Crippen LogP contribution >= 0.6 is 0 Å². The highest BCUT2D eigenvalue weighted by Gasteiger charge is 2.28. The molecule has 1 unspecified atom stereocenters. The molecule has 0 spiro atoms. The number of anilines is 2. The van der Waals surface area contributed by atoms with Crippen LogP contribution in [-0.4, -0.2) is 32.1 Å². The number of fused-ring (bicyclic) bond motifs is 1. The van der Waals surface area contributed by atoms with Gasteiger partial charge < -0.3 is 20.8 Å². The number of carbonyl (C=O) groups is 2. The van der Waals surface area contributed by atoms with Gasteiger partial charge in [-0.15, -0.1) is 0 Å². The molecular formula is C20H14F2N4O4. The van der Waals surface area contributed by atoms with Gasteiger partial charge in [-0.25, -0.2) is 23.5 Å². The lowest BCUT2D eigenvalue weighted by Crippen LogP contribution is -2.14. The van der Waals surface area contributed by atoms with Crippen LogP contribution in [0.2, 0.25) is 0 Å². The lowest BCUT2D eigenvalue weighted by Gasteiger charge is -2.13. The standard InChI is InChI=1S/C20H14F2N4O4/c21-11-2-1-3-12(22)14(11)17-25-13-8-23-19(28)15(13)18(26-17)24-10-6-4-9(5-7-10)16(27)20(29)30/h1-7,16,27H,8H2,(H,23,28)(H,29,30)(H,24,25,26). The molecule has 1 aromatic heterocycles. The highest BCUT2D eigenvalue weighted by Crippen LogP contribution is 2.30. The number of aromatic nitrogens is 2. The molecule has 3 aromatic rings. The Morgan fingerprint density at radius 3 is 2.37 bits per heavy atom. The van der Waals surface area contributed by atoms with E-state index in [-0.39, 0.29) is 35.0 Å². The number of aliphatic hydroxyl groups is 1. The van der Waals surface area contributed by atoms with E-state index < -0.39 is 35.2 Å². The first-order valence-electron chi connectivity index (χ1n) is 8.76. The molecule has 2 heterocycles. The molecule has 1 atom stereocenters. The smallest absolute Gasteiger partial charge is 0.337 e. The minimum absolute atomic E-state index is 0.0409. The Labute approximate surface area is 168 Å². The van der Waals surface area contributed by atoms with E-state index >= 15 is 0 Å². The molecule has 1 aliphatic heterocycles. The molecule has 2 aromatic carbocycles. The molecule has 4 N–H and O–H groups in total. The molecule has 0 radical (unpaired) electrons. The number of nitrogens with zero attached hydrogens (tertiary/aromatic N) is 2. The third-order valence-electron chi connectivity index (χ3n) is 4.54. The minimum atomic E-state index is -1.68. The van der Waals surface area contributed by atoms with Crippen molar-refractivity contribution in [1.29, 1.82) is 0 Å². The van der Waals surface area contributed by atoms with Crippen LogP contribution in [0.25, 0.3) is 11.4 Å². The van der Waals surface area contributed by atoms with Crippen molar-refractivity contribution >= 4 is 23.4 Å². The molecule has 0 bridgehead atoms. The number of carbonyl (C=O) groups excluding carboxylic acids is 1. The monoisotopic (exact) mass is 412 g/mol. The zero-order chi connectivity index (χ0) is 21.4. The van der Waals surface area contributed by atoms with Gasteiger partial charge in [0, 0.05) is 5.69 Å². The quantitative estimate of drug-likeness (QED) is 0.508. The van der Waals surface area contributed by atoms with Crippen molar-refractivity contribution in [2.75, 3.05) is 5.32 Å². The number of carboxylic acids is 1. The van der Waals surface area contributed by atoms with E-state index in [0.29, 0.717) is 5.69 Å². The van der Waals surface area contributed by atoms with E-state index in [1.807, 2.05) is 0 Å². The average molecular weight is 412 g/mol. The summed E-state index contributed by atoms with van der Waals surface area (Å²) >= 11 is 0. The predicted octanol–water partition coefficient (Wildman–Crippen LogP) is 2.53. The largest absolute Gasteiger partial charge is 0.479 e. The number of amides is 1. The maximum atomic E-state index is 14.2. The summed E-state index contributed by atoms with van der Waals surface area (Å²) in [5.41, 5.74) is 0.588. The van der Waals surface area contributed by atoms with Crippen LogP contribution in [0.15, 0.2) is 42.5 Å². The average Bonchev–Trinajstić information content (AvgIpc) is 3.09. The van der Waals surface area contributed by atoms with E-state index in [1.54, 1.807) is 0 Å². The van der Waals surface area contributed by atoms with Crippen molar-refractivity contribution in [3.63, 3.8) is 0 Å². The van der Waals surface area contributed by atoms with Crippen LogP contribution in [0.5, 0.6) is 0 Å². The van der Waals surface area contributed by atoms with Gasteiger partial charge in [-0.05, 0) is 29.8 Å².